The zero-order valence-corrected chi connectivity index (χ0v) is 14.6. The van der Waals surface area contributed by atoms with Crippen LogP contribution in [0.4, 0.5) is 0 Å². The molecule has 2 aliphatic rings. The molecule has 1 aromatic heterocycles. The molecule has 2 nitrogen and oxygen atoms in total. The molecular weight excluding hydrogens is 276 g/mol. The van der Waals surface area contributed by atoms with E-state index in [-0.39, 0.29) is 0 Å². The number of hydrogen-bond acceptors (Lipinski definition) is 3. The van der Waals surface area contributed by atoms with E-state index in [1.807, 2.05) is 11.3 Å². The second-order valence-electron chi connectivity index (χ2n) is 7.46. The van der Waals surface area contributed by atoms with Gasteiger partial charge in [-0.1, -0.05) is 33.6 Å². The van der Waals surface area contributed by atoms with Crippen molar-refractivity contribution in [1.82, 2.24) is 10.3 Å². The summed E-state index contributed by atoms with van der Waals surface area (Å²) in [7, 11) is 0. The second-order valence-corrected chi connectivity index (χ2v) is 8.58. The van der Waals surface area contributed by atoms with Crippen LogP contribution in [0.5, 0.6) is 0 Å². The Hall–Kier alpha value is -0.410. The van der Waals surface area contributed by atoms with E-state index in [1.54, 1.807) is 4.88 Å². The fourth-order valence-corrected chi connectivity index (χ4v) is 5.36. The first-order chi connectivity index (χ1) is 10.1. The van der Waals surface area contributed by atoms with Crippen LogP contribution in [0.25, 0.3) is 0 Å². The van der Waals surface area contributed by atoms with Crippen molar-refractivity contribution in [2.75, 3.05) is 0 Å². The number of thiazole rings is 1. The molecule has 0 spiro atoms. The summed E-state index contributed by atoms with van der Waals surface area (Å²) >= 11 is 2.01. The molecule has 1 fully saturated rings. The fourth-order valence-electron chi connectivity index (χ4n) is 4.06. The molecule has 0 amide bonds. The number of aromatic nitrogens is 1. The van der Waals surface area contributed by atoms with E-state index in [0.717, 1.165) is 11.8 Å². The van der Waals surface area contributed by atoms with Gasteiger partial charge in [0.2, 0.25) is 0 Å². The van der Waals surface area contributed by atoms with Crippen LogP contribution < -0.4 is 5.32 Å². The third kappa shape index (κ3) is 3.68. The highest BCUT2D eigenvalue weighted by molar-refractivity contribution is 7.11. The molecule has 0 aromatic carbocycles. The number of nitrogens with one attached hydrogen (secondary N) is 1. The number of hydrogen-bond donors (Lipinski definition) is 1. The number of nitrogens with zero attached hydrogens (tertiary/aromatic N) is 1. The molecule has 3 rings (SSSR count). The van der Waals surface area contributed by atoms with Gasteiger partial charge in [-0.25, -0.2) is 4.98 Å². The monoisotopic (exact) mass is 306 g/mol. The maximum atomic E-state index is 5.06. The van der Waals surface area contributed by atoms with Gasteiger partial charge in [-0.3, -0.25) is 0 Å². The lowest BCUT2D eigenvalue weighted by Gasteiger charge is -2.34. The minimum absolute atomic E-state index is 0.489. The van der Waals surface area contributed by atoms with E-state index >= 15 is 0 Å². The molecule has 3 atom stereocenters. The Balaban J connectivity index is 1.82. The summed E-state index contributed by atoms with van der Waals surface area (Å²) in [6.45, 7) is 6.96. The third-order valence-electron chi connectivity index (χ3n) is 5.09. The lowest BCUT2D eigenvalue weighted by atomic mass is 9.78. The van der Waals surface area contributed by atoms with Gasteiger partial charge in [-0.05, 0) is 50.4 Å². The minimum atomic E-state index is 0.489. The highest BCUT2D eigenvalue weighted by Gasteiger charge is 2.31. The van der Waals surface area contributed by atoms with Crippen LogP contribution in [0.3, 0.4) is 0 Å². The highest BCUT2D eigenvalue weighted by atomic mass is 32.1. The smallest absolute Gasteiger partial charge is 0.110 e. The summed E-state index contributed by atoms with van der Waals surface area (Å²) in [5.74, 6) is 1.67. The molecule has 0 saturated heterocycles. The number of aryl methyl sites for hydroxylation is 2. The van der Waals surface area contributed by atoms with Crippen LogP contribution >= 0.6 is 11.3 Å². The Morgan fingerprint density at radius 2 is 1.95 bits per heavy atom. The van der Waals surface area contributed by atoms with Gasteiger partial charge in [0.1, 0.15) is 5.01 Å². The standard InChI is InChI=1S/C18H30N2S/c1-12(2)19-17(14-8-6-7-13(3)11-14)18-20-15-9-4-5-10-16(15)21-18/h12-14,17,19H,4-11H2,1-3H3. The maximum absolute atomic E-state index is 5.06. The van der Waals surface area contributed by atoms with Crippen LogP contribution in [0.2, 0.25) is 0 Å². The van der Waals surface area contributed by atoms with Crippen LogP contribution in [0.15, 0.2) is 0 Å². The summed E-state index contributed by atoms with van der Waals surface area (Å²) in [5, 5.41) is 5.23. The summed E-state index contributed by atoms with van der Waals surface area (Å²) in [5.41, 5.74) is 1.42. The molecule has 0 bridgehead atoms. The van der Waals surface area contributed by atoms with Crippen molar-refractivity contribution >= 4 is 11.3 Å². The molecule has 3 heteroatoms. The Morgan fingerprint density at radius 3 is 2.67 bits per heavy atom. The van der Waals surface area contributed by atoms with E-state index in [2.05, 4.69) is 26.1 Å². The van der Waals surface area contributed by atoms with E-state index < -0.39 is 0 Å². The molecule has 3 unspecified atom stereocenters. The lowest BCUT2D eigenvalue weighted by Crippen LogP contribution is -2.35. The summed E-state index contributed by atoms with van der Waals surface area (Å²) in [6.07, 6.45) is 10.7. The molecule has 2 aliphatic carbocycles. The predicted molar refractivity (Wildman–Crippen MR) is 90.9 cm³/mol. The van der Waals surface area contributed by atoms with Crippen molar-refractivity contribution in [3.8, 4) is 0 Å². The number of rotatable bonds is 4. The van der Waals surface area contributed by atoms with E-state index in [1.165, 1.54) is 62.1 Å². The largest absolute Gasteiger partial charge is 0.305 e. The van der Waals surface area contributed by atoms with Crippen LogP contribution in [0, 0.1) is 11.8 Å². The van der Waals surface area contributed by atoms with E-state index in [0.29, 0.717) is 12.1 Å². The van der Waals surface area contributed by atoms with Gasteiger partial charge in [0.25, 0.3) is 0 Å². The van der Waals surface area contributed by atoms with Gasteiger partial charge in [-0.2, -0.15) is 0 Å². The number of fused-ring (bicyclic) bond motifs is 1. The quantitative estimate of drug-likeness (QED) is 0.857. The molecule has 0 aliphatic heterocycles. The molecule has 21 heavy (non-hydrogen) atoms. The first kappa shape index (κ1) is 15.5. The first-order valence-corrected chi connectivity index (χ1v) is 9.69. The summed E-state index contributed by atoms with van der Waals surface area (Å²) in [4.78, 5) is 6.64. The lowest BCUT2D eigenvalue weighted by molar-refractivity contribution is 0.216. The molecule has 1 heterocycles. The van der Waals surface area contributed by atoms with Gasteiger partial charge in [0, 0.05) is 10.9 Å². The molecule has 1 aromatic rings. The molecular formula is C18H30N2S. The predicted octanol–water partition coefficient (Wildman–Crippen LogP) is 4.89. The van der Waals surface area contributed by atoms with Crippen molar-refractivity contribution in [3.05, 3.63) is 15.6 Å². The van der Waals surface area contributed by atoms with Crippen molar-refractivity contribution in [1.29, 1.82) is 0 Å². The molecule has 1 saturated carbocycles. The summed E-state index contributed by atoms with van der Waals surface area (Å²) in [6, 6.07) is 1.02. The Morgan fingerprint density at radius 1 is 1.14 bits per heavy atom. The average Bonchev–Trinajstić information content (AvgIpc) is 2.88. The van der Waals surface area contributed by atoms with Crippen LogP contribution in [-0.2, 0) is 12.8 Å². The zero-order chi connectivity index (χ0) is 14.8. The normalized spacial score (nSPS) is 27.6. The van der Waals surface area contributed by atoms with Crippen molar-refractivity contribution < 1.29 is 0 Å². The zero-order valence-electron chi connectivity index (χ0n) is 13.8. The van der Waals surface area contributed by atoms with Gasteiger partial charge in [-0.15, -0.1) is 11.3 Å². The highest BCUT2D eigenvalue weighted by Crippen LogP contribution is 2.40. The van der Waals surface area contributed by atoms with Gasteiger partial charge >= 0.3 is 0 Å². The van der Waals surface area contributed by atoms with Gasteiger partial charge in [0.05, 0.1) is 11.7 Å². The van der Waals surface area contributed by atoms with E-state index in [4.69, 9.17) is 4.98 Å². The Bertz CT molecular complexity index is 442. The topological polar surface area (TPSA) is 24.9 Å². The minimum Gasteiger partial charge on any atom is -0.305 e. The Kier molecular flexibility index (Phi) is 5.00. The third-order valence-corrected chi connectivity index (χ3v) is 6.33. The molecule has 1 N–H and O–H groups in total. The van der Waals surface area contributed by atoms with Crippen LogP contribution in [0.1, 0.15) is 80.9 Å². The van der Waals surface area contributed by atoms with Gasteiger partial charge in [0.15, 0.2) is 0 Å². The van der Waals surface area contributed by atoms with E-state index in [9.17, 15) is 0 Å². The van der Waals surface area contributed by atoms with Crippen molar-refractivity contribution in [3.63, 3.8) is 0 Å². The first-order valence-electron chi connectivity index (χ1n) is 8.88. The summed E-state index contributed by atoms with van der Waals surface area (Å²) < 4.78 is 0. The Labute approximate surface area is 133 Å². The van der Waals surface area contributed by atoms with Crippen LogP contribution in [-0.4, -0.2) is 11.0 Å². The molecule has 118 valence electrons. The van der Waals surface area contributed by atoms with Crippen molar-refractivity contribution in [2.24, 2.45) is 11.8 Å². The van der Waals surface area contributed by atoms with Crippen molar-refractivity contribution in [2.45, 2.75) is 84.2 Å². The average molecular weight is 307 g/mol. The SMILES string of the molecule is CC1CCCC(C(NC(C)C)c2nc3c(s2)CCCC3)C1. The maximum Gasteiger partial charge on any atom is 0.110 e. The molecule has 0 radical (unpaired) electrons. The second kappa shape index (κ2) is 6.78. The van der Waals surface area contributed by atoms with Gasteiger partial charge < -0.3 is 5.32 Å². The fraction of sp³-hybridized carbons (Fsp3) is 0.833.